The van der Waals surface area contributed by atoms with Gasteiger partial charge in [-0.25, -0.2) is 17.6 Å². The summed E-state index contributed by atoms with van der Waals surface area (Å²) in [4.78, 5) is 0. The largest absolute Gasteiger partial charge is 0.335 e. The Balaban J connectivity index is 2.16. The number of benzene rings is 2. The molecule has 1 N–H and O–H groups in total. The van der Waals surface area contributed by atoms with Crippen LogP contribution in [0.5, 0.6) is 0 Å². The average molecular weight is 370 g/mol. The lowest BCUT2D eigenvalue weighted by atomic mass is 10.1. The fourth-order valence-electron chi connectivity index (χ4n) is 2.60. The van der Waals surface area contributed by atoms with Gasteiger partial charge in [-0.2, -0.15) is 5.10 Å². The van der Waals surface area contributed by atoms with E-state index in [1.165, 1.54) is 16.8 Å². The highest BCUT2D eigenvalue weighted by molar-refractivity contribution is 6.33. The van der Waals surface area contributed by atoms with Gasteiger partial charge in [0.05, 0.1) is 10.7 Å². The van der Waals surface area contributed by atoms with E-state index in [-0.39, 0.29) is 10.8 Å². The van der Waals surface area contributed by atoms with Crippen LogP contribution in [-0.4, -0.2) is 9.78 Å². The molecular weight excluding hydrogens is 358 g/mol. The third kappa shape index (κ3) is 3.19. The van der Waals surface area contributed by atoms with Gasteiger partial charge in [-0.3, -0.25) is 4.68 Å². The number of halogens is 5. The summed E-state index contributed by atoms with van der Waals surface area (Å²) in [6.07, 6.45) is 0. The molecule has 1 heterocycles. The molecule has 0 saturated heterocycles. The standard InChI is InChI=1S/C17H12ClF4N3/c1-8-15(11-4-3-9(19)5-12(11)18)17(25(2)24-8)23-16-13(21)6-10(20)7-14(16)22/h3-7,23H,1-2H3. The molecule has 0 fully saturated rings. The third-order valence-corrected chi connectivity index (χ3v) is 3.99. The van der Waals surface area contributed by atoms with Gasteiger partial charge in [0.15, 0.2) is 11.6 Å². The Hall–Kier alpha value is -2.54. The summed E-state index contributed by atoms with van der Waals surface area (Å²) in [6.45, 7) is 1.68. The zero-order chi connectivity index (χ0) is 18.3. The number of aryl methyl sites for hydroxylation is 2. The van der Waals surface area contributed by atoms with Gasteiger partial charge in [0.2, 0.25) is 0 Å². The maximum atomic E-state index is 14.0. The molecule has 0 spiro atoms. The number of anilines is 2. The first-order valence-corrected chi connectivity index (χ1v) is 7.56. The van der Waals surface area contributed by atoms with Crippen molar-refractivity contribution in [2.75, 3.05) is 5.32 Å². The van der Waals surface area contributed by atoms with E-state index >= 15 is 0 Å². The molecule has 0 radical (unpaired) electrons. The van der Waals surface area contributed by atoms with E-state index in [2.05, 4.69) is 10.4 Å². The van der Waals surface area contributed by atoms with Gasteiger partial charge in [0, 0.05) is 30.3 Å². The lowest BCUT2D eigenvalue weighted by molar-refractivity contribution is 0.548. The molecule has 0 saturated carbocycles. The molecule has 3 aromatic rings. The van der Waals surface area contributed by atoms with Gasteiger partial charge in [-0.1, -0.05) is 11.6 Å². The Morgan fingerprint density at radius 1 is 1.00 bits per heavy atom. The summed E-state index contributed by atoms with van der Waals surface area (Å²) >= 11 is 6.10. The number of aromatic nitrogens is 2. The van der Waals surface area contributed by atoms with Crippen molar-refractivity contribution in [2.45, 2.75) is 6.92 Å². The average Bonchev–Trinajstić information content (AvgIpc) is 2.77. The summed E-state index contributed by atoms with van der Waals surface area (Å²) in [6, 6.07) is 4.94. The first-order chi connectivity index (χ1) is 11.8. The van der Waals surface area contributed by atoms with Crippen LogP contribution in [0.2, 0.25) is 5.02 Å². The Kier molecular flexibility index (Phi) is 4.43. The third-order valence-electron chi connectivity index (χ3n) is 3.67. The Bertz CT molecular complexity index is 946. The number of nitrogens with zero attached hydrogens (tertiary/aromatic N) is 2. The van der Waals surface area contributed by atoms with Gasteiger partial charge < -0.3 is 5.32 Å². The first-order valence-electron chi connectivity index (χ1n) is 7.18. The number of hydrogen-bond donors (Lipinski definition) is 1. The van der Waals surface area contributed by atoms with Gasteiger partial charge in [-0.05, 0) is 25.1 Å². The van der Waals surface area contributed by atoms with E-state index in [4.69, 9.17) is 11.6 Å². The van der Waals surface area contributed by atoms with E-state index in [1.807, 2.05) is 0 Å². The van der Waals surface area contributed by atoms with Crippen molar-refractivity contribution in [1.82, 2.24) is 9.78 Å². The van der Waals surface area contributed by atoms with Gasteiger partial charge in [0.1, 0.15) is 23.1 Å². The zero-order valence-electron chi connectivity index (χ0n) is 13.2. The van der Waals surface area contributed by atoms with Crippen molar-refractivity contribution in [1.29, 1.82) is 0 Å². The van der Waals surface area contributed by atoms with E-state index in [9.17, 15) is 17.6 Å². The summed E-state index contributed by atoms with van der Waals surface area (Å²) in [7, 11) is 1.57. The van der Waals surface area contributed by atoms with Crippen LogP contribution in [0.3, 0.4) is 0 Å². The predicted octanol–water partition coefficient (Wildman–Crippen LogP) is 5.35. The van der Waals surface area contributed by atoms with E-state index < -0.39 is 29.0 Å². The number of nitrogens with one attached hydrogen (secondary N) is 1. The van der Waals surface area contributed by atoms with Gasteiger partial charge in [-0.15, -0.1) is 0 Å². The fraction of sp³-hybridized carbons (Fsp3) is 0.118. The predicted molar refractivity (Wildman–Crippen MR) is 87.9 cm³/mol. The molecular formula is C17H12ClF4N3. The van der Waals surface area contributed by atoms with Gasteiger partial charge in [0.25, 0.3) is 0 Å². The quantitative estimate of drug-likeness (QED) is 0.631. The van der Waals surface area contributed by atoms with Crippen molar-refractivity contribution < 1.29 is 17.6 Å². The Morgan fingerprint density at radius 3 is 2.24 bits per heavy atom. The molecule has 8 heteroatoms. The molecule has 3 nitrogen and oxygen atoms in total. The van der Waals surface area contributed by atoms with Crippen LogP contribution in [0.15, 0.2) is 30.3 Å². The highest BCUT2D eigenvalue weighted by Gasteiger charge is 2.21. The van der Waals surface area contributed by atoms with Crippen LogP contribution in [0.25, 0.3) is 11.1 Å². The first kappa shape index (κ1) is 17.3. The van der Waals surface area contributed by atoms with Crippen LogP contribution in [0.1, 0.15) is 5.69 Å². The van der Waals surface area contributed by atoms with Gasteiger partial charge >= 0.3 is 0 Å². The topological polar surface area (TPSA) is 29.9 Å². The van der Waals surface area contributed by atoms with Crippen molar-refractivity contribution in [3.8, 4) is 11.1 Å². The molecule has 0 aliphatic carbocycles. The van der Waals surface area contributed by atoms with Crippen molar-refractivity contribution >= 4 is 23.1 Å². The second-order valence-corrected chi connectivity index (χ2v) is 5.83. The van der Waals surface area contributed by atoms with Crippen LogP contribution in [-0.2, 0) is 7.05 Å². The minimum absolute atomic E-state index is 0.124. The Labute approximate surface area is 145 Å². The van der Waals surface area contributed by atoms with Crippen LogP contribution < -0.4 is 5.32 Å². The van der Waals surface area contributed by atoms with Crippen molar-refractivity contribution in [3.05, 3.63) is 64.3 Å². The molecule has 0 aliphatic heterocycles. The summed E-state index contributed by atoms with van der Waals surface area (Å²) in [5.41, 5.74) is 0.889. The summed E-state index contributed by atoms with van der Waals surface area (Å²) in [5, 5.41) is 6.93. The number of rotatable bonds is 3. The molecule has 1 aromatic heterocycles. The van der Waals surface area contributed by atoms with E-state index in [0.717, 1.165) is 6.07 Å². The second-order valence-electron chi connectivity index (χ2n) is 5.43. The molecule has 3 rings (SSSR count). The minimum Gasteiger partial charge on any atom is -0.335 e. The monoisotopic (exact) mass is 369 g/mol. The fourth-order valence-corrected chi connectivity index (χ4v) is 2.86. The van der Waals surface area contributed by atoms with Crippen molar-refractivity contribution in [2.24, 2.45) is 7.05 Å². The SMILES string of the molecule is Cc1nn(C)c(Nc2c(F)cc(F)cc2F)c1-c1ccc(F)cc1Cl. The Morgan fingerprint density at radius 2 is 1.64 bits per heavy atom. The lowest BCUT2D eigenvalue weighted by Crippen LogP contribution is -2.04. The molecule has 0 amide bonds. The van der Waals surface area contributed by atoms with E-state index in [1.54, 1.807) is 14.0 Å². The number of hydrogen-bond acceptors (Lipinski definition) is 2. The van der Waals surface area contributed by atoms with E-state index in [0.29, 0.717) is 29.0 Å². The van der Waals surface area contributed by atoms with Crippen LogP contribution in [0.4, 0.5) is 29.1 Å². The minimum atomic E-state index is -1.09. The summed E-state index contributed by atoms with van der Waals surface area (Å²) < 4.78 is 55.7. The van der Waals surface area contributed by atoms with Crippen LogP contribution >= 0.6 is 11.6 Å². The normalized spacial score (nSPS) is 11.0. The molecule has 2 aromatic carbocycles. The lowest BCUT2D eigenvalue weighted by Gasteiger charge is -2.13. The smallest absolute Gasteiger partial charge is 0.152 e. The summed E-state index contributed by atoms with van der Waals surface area (Å²) in [5.74, 6) is -3.49. The maximum Gasteiger partial charge on any atom is 0.152 e. The molecule has 0 aliphatic rings. The highest BCUT2D eigenvalue weighted by Crippen LogP contribution is 2.38. The van der Waals surface area contributed by atoms with Crippen LogP contribution in [0, 0.1) is 30.2 Å². The molecule has 0 bridgehead atoms. The molecule has 0 unspecified atom stereocenters. The maximum absolute atomic E-state index is 14.0. The second kappa shape index (κ2) is 6.40. The van der Waals surface area contributed by atoms with Crippen molar-refractivity contribution in [3.63, 3.8) is 0 Å². The molecule has 130 valence electrons. The zero-order valence-corrected chi connectivity index (χ0v) is 13.9. The molecule has 25 heavy (non-hydrogen) atoms. The molecule has 0 atom stereocenters. The highest BCUT2D eigenvalue weighted by atomic mass is 35.5.